The molecule has 0 aliphatic rings. The Balaban J connectivity index is 1.43. The van der Waals surface area contributed by atoms with Crippen molar-refractivity contribution in [3.63, 3.8) is 0 Å². The lowest BCUT2D eigenvalue weighted by Crippen LogP contribution is -2.05. The average molecular weight is 362 g/mol. The van der Waals surface area contributed by atoms with Gasteiger partial charge in [0.15, 0.2) is 5.78 Å². The van der Waals surface area contributed by atoms with E-state index in [9.17, 15) is 4.79 Å². The summed E-state index contributed by atoms with van der Waals surface area (Å²) in [5.41, 5.74) is 1.33. The van der Waals surface area contributed by atoms with E-state index in [0.717, 1.165) is 23.7 Å². The first kappa shape index (κ1) is 18.5. The Labute approximate surface area is 159 Å². The van der Waals surface area contributed by atoms with E-state index in [1.807, 2.05) is 66.7 Å². The normalized spacial score (nSPS) is 10.3. The van der Waals surface area contributed by atoms with Crippen LogP contribution >= 0.6 is 0 Å². The monoisotopic (exact) mass is 362 g/mol. The Morgan fingerprint density at radius 3 is 2.04 bits per heavy atom. The fraction of sp³-hybridized carbons (Fsp3) is 0.174. The number of methoxy groups -OCH3 is 1. The van der Waals surface area contributed by atoms with Gasteiger partial charge in [-0.25, -0.2) is 0 Å². The third kappa shape index (κ3) is 5.35. The van der Waals surface area contributed by atoms with E-state index in [4.69, 9.17) is 14.2 Å². The topological polar surface area (TPSA) is 44.8 Å². The Bertz CT molecular complexity index is 857. The zero-order valence-corrected chi connectivity index (χ0v) is 15.3. The third-order valence-corrected chi connectivity index (χ3v) is 4.02. The average Bonchev–Trinajstić information content (AvgIpc) is 2.74. The molecule has 0 atom stereocenters. The lowest BCUT2D eigenvalue weighted by atomic mass is 10.0. The quantitative estimate of drug-likeness (QED) is 0.406. The zero-order chi connectivity index (χ0) is 18.9. The molecule has 0 unspecified atom stereocenters. The minimum absolute atomic E-state index is 0.00818. The van der Waals surface area contributed by atoms with Gasteiger partial charge in [-0.3, -0.25) is 4.79 Å². The van der Waals surface area contributed by atoms with Gasteiger partial charge in [0.05, 0.1) is 20.3 Å². The number of ketones is 1. The molecule has 0 heterocycles. The molecule has 0 aliphatic carbocycles. The molecule has 0 amide bonds. The van der Waals surface area contributed by atoms with E-state index in [2.05, 4.69) is 0 Å². The summed E-state index contributed by atoms with van der Waals surface area (Å²) in [4.78, 5) is 12.4. The van der Waals surface area contributed by atoms with Crippen LogP contribution in [0.3, 0.4) is 0 Å². The van der Waals surface area contributed by atoms with Gasteiger partial charge in [0, 0.05) is 23.6 Å². The van der Waals surface area contributed by atoms with Crippen LogP contribution in [0.25, 0.3) is 0 Å². The molecule has 138 valence electrons. The van der Waals surface area contributed by atoms with Gasteiger partial charge in [-0.2, -0.15) is 0 Å². The van der Waals surface area contributed by atoms with Gasteiger partial charge < -0.3 is 14.2 Å². The Morgan fingerprint density at radius 2 is 1.33 bits per heavy atom. The minimum atomic E-state index is 0.00818. The highest BCUT2D eigenvalue weighted by molar-refractivity contribution is 6.08. The van der Waals surface area contributed by atoms with E-state index in [0.29, 0.717) is 24.3 Å². The summed E-state index contributed by atoms with van der Waals surface area (Å²) in [6.45, 7) is 1.09. The van der Waals surface area contributed by atoms with Crippen LogP contribution in [0.5, 0.6) is 17.2 Å². The van der Waals surface area contributed by atoms with E-state index < -0.39 is 0 Å². The van der Waals surface area contributed by atoms with Gasteiger partial charge in [-0.05, 0) is 36.4 Å². The second-order valence-corrected chi connectivity index (χ2v) is 5.95. The number of rotatable bonds is 9. The van der Waals surface area contributed by atoms with Crippen LogP contribution in [-0.4, -0.2) is 26.1 Å². The second kappa shape index (κ2) is 9.43. The van der Waals surface area contributed by atoms with Crippen molar-refractivity contribution in [2.75, 3.05) is 20.3 Å². The van der Waals surface area contributed by atoms with Crippen molar-refractivity contribution >= 4 is 5.78 Å². The largest absolute Gasteiger partial charge is 0.497 e. The molecule has 4 heteroatoms. The summed E-state index contributed by atoms with van der Waals surface area (Å²) in [6, 6.07) is 24.0. The van der Waals surface area contributed by atoms with Crippen LogP contribution in [0.1, 0.15) is 22.3 Å². The molecule has 3 rings (SSSR count). The summed E-state index contributed by atoms with van der Waals surface area (Å²) < 4.78 is 16.6. The van der Waals surface area contributed by atoms with Crippen LogP contribution in [0.2, 0.25) is 0 Å². The van der Waals surface area contributed by atoms with Crippen molar-refractivity contribution in [2.45, 2.75) is 6.42 Å². The summed E-state index contributed by atoms with van der Waals surface area (Å²) in [5.74, 6) is 2.29. The molecule has 0 radical (unpaired) electrons. The molecule has 0 aliphatic heterocycles. The van der Waals surface area contributed by atoms with Gasteiger partial charge in [-0.1, -0.05) is 36.4 Å². The lowest BCUT2D eigenvalue weighted by molar-refractivity contribution is 0.103. The predicted molar refractivity (Wildman–Crippen MR) is 105 cm³/mol. The number of hydrogen-bond acceptors (Lipinski definition) is 4. The molecule has 0 spiro atoms. The first-order valence-electron chi connectivity index (χ1n) is 8.86. The standard InChI is InChI=1S/C23H22O4/c1-25-21-9-5-10-22(17-21)27-16-6-15-26-20-13-11-19(12-14-20)23(24)18-7-3-2-4-8-18/h2-5,7-14,17H,6,15-16H2,1H3. The maximum atomic E-state index is 12.4. The molecular weight excluding hydrogens is 340 g/mol. The van der Waals surface area contributed by atoms with Crippen LogP contribution in [0.15, 0.2) is 78.9 Å². The van der Waals surface area contributed by atoms with Crippen molar-refractivity contribution < 1.29 is 19.0 Å². The number of ether oxygens (including phenoxy) is 3. The van der Waals surface area contributed by atoms with Crippen LogP contribution in [0, 0.1) is 0 Å². The van der Waals surface area contributed by atoms with E-state index in [-0.39, 0.29) is 5.78 Å². The van der Waals surface area contributed by atoms with Gasteiger partial charge in [0.1, 0.15) is 17.2 Å². The lowest BCUT2D eigenvalue weighted by Gasteiger charge is -2.09. The summed E-state index contributed by atoms with van der Waals surface area (Å²) >= 11 is 0. The van der Waals surface area contributed by atoms with Gasteiger partial charge in [0.25, 0.3) is 0 Å². The van der Waals surface area contributed by atoms with E-state index in [1.54, 1.807) is 19.2 Å². The number of benzene rings is 3. The molecule has 0 aromatic heterocycles. The van der Waals surface area contributed by atoms with Crippen LogP contribution in [0.4, 0.5) is 0 Å². The summed E-state index contributed by atoms with van der Waals surface area (Å²) in [6.07, 6.45) is 0.752. The molecule has 0 N–H and O–H groups in total. The molecular formula is C23H22O4. The molecule has 0 fully saturated rings. The van der Waals surface area contributed by atoms with Crippen molar-refractivity contribution in [2.24, 2.45) is 0 Å². The number of hydrogen-bond donors (Lipinski definition) is 0. The van der Waals surface area contributed by atoms with Gasteiger partial charge >= 0.3 is 0 Å². The highest BCUT2D eigenvalue weighted by Gasteiger charge is 2.08. The molecule has 0 saturated carbocycles. The highest BCUT2D eigenvalue weighted by Crippen LogP contribution is 2.19. The Hall–Kier alpha value is -3.27. The maximum absolute atomic E-state index is 12.4. The third-order valence-electron chi connectivity index (χ3n) is 4.02. The molecule has 0 bridgehead atoms. The number of carbonyl (C=O) groups is 1. The smallest absolute Gasteiger partial charge is 0.193 e. The first-order valence-corrected chi connectivity index (χ1v) is 8.86. The van der Waals surface area contributed by atoms with E-state index >= 15 is 0 Å². The fourth-order valence-electron chi connectivity index (χ4n) is 2.59. The molecule has 3 aromatic carbocycles. The Morgan fingerprint density at radius 1 is 0.704 bits per heavy atom. The Kier molecular flexibility index (Phi) is 6.47. The molecule has 27 heavy (non-hydrogen) atoms. The second-order valence-electron chi connectivity index (χ2n) is 5.95. The van der Waals surface area contributed by atoms with Crippen molar-refractivity contribution in [1.29, 1.82) is 0 Å². The minimum Gasteiger partial charge on any atom is -0.497 e. The summed E-state index contributed by atoms with van der Waals surface area (Å²) in [5, 5.41) is 0. The van der Waals surface area contributed by atoms with Crippen molar-refractivity contribution in [3.8, 4) is 17.2 Å². The molecule has 3 aromatic rings. The zero-order valence-electron chi connectivity index (χ0n) is 15.3. The highest BCUT2D eigenvalue weighted by atomic mass is 16.5. The van der Waals surface area contributed by atoms with Crippen molar-refractivity contribution in [1.82, 2.24) is 0 Å². The number of carbonyl (C=O) groups excluding carboxylic acids is 1. The van der Waals surface area contributed by atoms with Crippen LogP contribution in [-0.2, 0) is 0 Å². The maximum Gasteiger partial charge on any atom is 0.193 e. The van der Waals surface area contributed by atoms with E-state index in [1.165, 1.54) is 0 Å². The molecule has 4 nitrogen and oxygen atoms in total. The van der Waals surface area contributed by atoms with Gasteiger partial charge in [0.2, 0.25) is 0 Å². The molecule has 0 saturated heterocycles. The predicted octanol–water partition coefficient (Wildman–Crippen LogP) is 4.77. The fourth-order valence-corrected chi connectivity index (χ4v) is 2.59. The van der Waals surface area contributed by atoms with Crippen molar-refractivity contribution in [3.05, 3.63) is 90.0 Å². The van der Waals surface area contributed by atoms with Gasteiger partial charge in [-0.15, -0.1) is 0 Å². The SMILES string of the molecule is COc1cccc(OCCCOc2ccc(C(=O)c3ccccc3)cc2)c1. The summed E-state index contributed by atoms with van der Waals surface area (Å²) in [7, 11) is 1.63. The first-order chi connectivity index (χ1) is 13.3. The van der Waals surface area contributed by atoms with Crippen LogP contribution < -0.4 is 14.2 Å².